The van der Waals surface area contributed by atoms with E-state index in [0.29, 0.717) is 17.9 Å². The fraction of sp³-hybridized carbons (Fsp3) is 0.385. The van der Waals surface area contributed by atoms with E-state index in [0.717, 1.165) is 24.8 Å². The standard InChI is InChI=1S/C13H14FN3O2/c1-18-12-6-9-11(7-10(12)14)15-8-16-13(9)17-4-2-3-5-19-17/h6-8H,2-5H2,1H3. The van der Waals surface area contributed by atoms with Crippen molar-refractivity contribution in [2.45, 2.75) is 12.8 Å². The van der Waals surface area contributed by atoms with Crippen LogP contribution < -0.4 is 9.80 Å². The van der Waals surface area contributed by atoms with Crippen LogP contribution in [0.5, 0.6) is 5.75 Å². The molecule has 19 heavy (non-hydrogen) atoms. The highest BCUT2D eigenvalue weighted by molar-refractivity contribution is 5.90. The van der Waals surface area contributed by atoms with Gasteiger partial charge in [-0.1, -0.05) is 0 Å². The predicted molar refractivity (Wildman–Crippen MR) is 68.6 cm³/mol. The first kappa shape index (κ1) is 12.1. The number of hydrogen-bond donors (Lipinski definition) is 0. The van der Waals surface area contributed by atoms with Crippen LogP contribution in [0.15, 0.2) is 18.5 Å². The van der Waals surface area contributed by atoms with Crippen molar-refractivity contribution in [3.63, 3.8) is 0 Å². The van der Waals surface area contributed by atoms with Gasteiger partial charge in [-0.05, 0) is 18.9 Å². The Kier molecular flexibility index (Phi) is 3.16. The first-order valence-corrected chi connectivity index (χ1v) is 6.18. The van der Waals surface area contributed by atoms with E-state index in [4.69, 9.17) is 9.57 Å². The molecule has 1 aliphatic heterocycles. The summed E-state index contributed by atoms with van der Waals surface area (Å²) < 4.78 is 18.7. The van der Waals surface area contributed by atoms with Crippen LogP contribution in [0, 0.1) is 5.82 Å². The number of ether oxygens (including phenoxy) is 1. The van der Waals surface area contributed by atoms with Crippen LogP contribution >= 0.6 is 0 Å². The molecule has 0 amide bonds. The minimum Gasteiger partial charge on any atom is -0.494 e. The average Bonchev–Trinajstić information content (AvgIpc) is 2.46. The van der Waals surface area contributed by atoms with Crippen molar-refractivity contribution in [1.82, 2.24) is 9.97 Å². The van der Waals surface area contributed by atoms with Gasteiger partial charge in [-0.3, -0.25) is 4.84 Å². The predicted octanol–water partition coefficient (Wildman–Crippen LogP) is 2.31. The quantitative estimate of drug-likeness (QED) is 0.832. The lowest BCUT2D eigenvalue weighted by atomic mass is 10.2. The molecule has 0 radical (unpaired) electrons. The van der Waals surface area contributed by atoms with Gasteiger partial charge in [0.15, 0.2) is 17.4 Å². The van der Waals surface area contributed by atoms with Gasteiger partial charge in [0.2, 0.25) is 0 Å². The molecule has 1 saturated heterocycles. The number of benzene rings is 1. The molecule has 1 aliphatic rings. The molecule has 0 spiro atoms. The van der Waals surface area contributed by atoms with E-state index in [1.54, 1.807) is 11.1 Å². The molecule has 0 aliphatic carbocycles. The Morgan fingerprint density at radius 3 is 2.95 bits per heavy atom. The van der Waals surface area contributed by atoms with Gasteiger partial charge in [0.05, 0.1) is 19.2 Å². The summed E-state index contributed by atoms with van der Waals surface area (Å²) in [6.45, 7) is 1.44. The molecule has 1 aromatic heterocycles. The average molecular weight is 263 g/mol. The molecule has 100 valence electrons. The Balaban J connectivity index is 2.13. The summed E-state index contributed by atoms with van der Waals surface area (Å²) >= 11 is 0. The number of anilines is 1. The summed E-state index contributed by atoms with van der Waals surface area (Å²) in [5, 5.41) is 2.47. The number of halogens is 1. The highest BCUT2D eigenvalue weighted by Gasteiger charge is 2.18. The normalized spacial score (nSPS) is 15.8. The zero-order chi connectivity index (χ0) is 13.2. The number of nitrogens with zero attached hydrogens (tertiary/aromatic N) is 3. The fourth-order valence-electron chi connectivity index (χ4n) is 2.16. The molecule has 2 heterocycles. The monoisotopic (exact) mass is 263 g/mol. The van der Waals surface area contributed by atoms with E-state index in [1.807, 2.05) is 0 Å². The molecule has 2 aromatic rings. The van der Waals surface area contributed by atoms with Gasteiger partial charge in [0.1, 0.15) is 6.33 Å². The number of aromatic nitrogens is 2. The van der Waals surface area contributed by atoms with Crippen LogP contribution in [0.2, 0.25) is 0 Å². The van der Waals surface area contributed by atoms with Crippen LogP contribution in [0.25, 0.3) is 10.9 Å². The Bertz CT molecular complexity index is 600. The van der Waals surface area contributed by atoms with Gasteiger partial charge in [-0.25, -0.2) is 19.4 Å². The third-order valence-electron chi connectivity index (χ3n) is 3.13. The number of rotatable bonds is 2. The first-order chi connectivity index (χ1) is 9.29. The fourth-order valence-corrected chi connectivity index (χ4v) is 2.16. The smallest absolute Gasteiger partial charge is 0.167 e. The Hall–Kier alpha value is -1.95. The van der Waals surface area contributed by atoms with Crippen LogP contribution in [0.3, 0.4) is 0 Å². The maximum Gasteiger partial charge on any atom is 0.167 e. The number of hydrogen-bond acceptors (Lipinski definition) is 5. The summed E-state index contributed by atoms with van der Waals surface area (Å²) in [6.07, 6.45) is 3.50. The minimum absolute atomic E-state index is 0.181. The molecule has 0 saturated carbocycles. The zero-order valence-electron chi connectivity index (χ0n) is 10.6. The van der Waals surface area contributed by atoms with Crippen molar-refractivity contribution in [2.24, 2.45) is 0 Å². The van der Waals surface area contributed by atoms with E-state index in [-0.39, 0.29) is 5.75 Å². The Morgan fingerprint density at radius 1 is 1.32 bits per heavy atom. The topological polar surface area (TPSA) is 47.5 Å². The number of methoxy groups -OCH3 is 1. The van der Waals surface area contributed by atoms with Crippen molar-refractivity contribution in [2.75, 3.05) is 25.3 Å². The van der Waals surface area contributed by atoms with Gasteiger partial charge in [0, 0.05) is 18.0 Å². The molecular weight excluding hydrogens is 249 g/mol. The maximum absolute atomic E-state index is 13.7. The molecule has 0 unspecified atom stereocenters. The van der Waals surface area contributed by atoms with Crippen LogP contribution in [-0.4, -0.2) is 30.2 Å². The zero-order valence-corrected chi connectivity index (χ0v) is 10.6. The maximum atomic E-state index is 13.7. The molecule has 5 nitrogen and oxygen atoms in total. The first-order valence-electron chi connectivity index (χ1n) is 6.18. The Morgan fingerprint density at radius 2 is 2.21 bits per heavy atom. The largest absolute Gasteiger partial charge is 0.494 e. The minimum atomic E-state index is -0.431. The van der Waals surface area contributed by atoms with Gasteiger partial charge in [0.25, 0.3) is 0 Å². The second-order valence-electron chi connectivity index (χ2n) is 4.34. The molecule has 3 rings (SSSR count). The van der Waals surface area contributed by atoms with E-state index in [2.05, 4.69) is 9.97 Å². The second-order valence-corrected chi connectivity index (χ2v) is 4.34. The van der Waals surface area contributed by atoms with Crippen LogP contribution in [0.1, 0.15) is 12.8 Å². The van der Waals surface area contributed by atoms with Crippen molar-refractivity contribution in [3.8, 4) is 5.75 Å². The lowest BCUT2D eigenvalue weighted by molar-refractivity contribution is 0.0767. The summed E-state index contributed by atoms with van der Waals surface area (Å²) in [4.78, 5) is 13.9. The molecule has 1 fully saturated rings. The van der Waals surface area contributed by atoms with Crippen molar-refractivity contribution in [3.05, 3.63) is 24.3 Å². The summed E-state index contributed by atoms with van der Waals surface area (Å²) in [6, 6.07) is 2.96. The van der Waals surface area contributed by atoms with Crippen molar-refractivity contribution >= 4 is 16.7 Å². The molecule has 0 N–H and O–H groups in total. The van der Waals surface area contributed by atoms with Crippen molar-refractivity contribution < 1.29 is 14.0 Å². The van der Waals surface area contributed by atoms with Gasteiger partial charge in [-0.15, -0.1) is 0 Å². The number of fused-ring (bicyclic) bond motifs is 1. The SMILES string of the molecule is COc1cc2c(N3CCCCO3)ncnc2cc1F. The van der Waals surface area contributed by atoms with Gasteiger partial charge < -0.3 is 4.74 Å². The van der Waals surface area contributed by atoms with Crippen LogP contribution in [0.4, 0.5) is 10.2 Å². The Labute approximate surface area is 109 Å². The van der Waals surface area contributed by atoms with E-state index >= 15 is 0 Å². The summed E-state index contributed by atoms with van der Waals surface area (Å²) in [7, 11) is 1.44. The number of hydroxylamine groups is 1. The highest BCUT2D eigenvalue weighted by atomic mass is 19.1. The second kappa shape index (κ2) is 4.97. The van der Waals surface area contributed by atoms with Gasteiger partial charge >= 0.3 is 0 Å². The lowest BCUT2D eigenvalue weighted by Crippen LogP contribution is -2.30. The lowest BCUT2D eigenvalue weighted by Gasteiger charge is -2.27. The summed E-state index contributed by atoms with van der Waals surface area (Å²) in [5.74, 6) is 0.405. The van der Waals surface area contributed by atoms with E-state index < -0.39 is 5.82 Å². The molecular formula is C13H14FN3O2. The van der Waals surface area contributed by atoms with Gasteiger partial charge in [-0.2, -0.15) is 0 Å². The molecule has 6 heteroatoms. The third-order valence-corrected chi connectivity index (χ3v) is 3.13. The van der Waals surface area contributed by atoms with E-state index in [1.165, 1.54) is 19.5 Å². The third kappa shape index (κ3) is 2.19. The van der Waals surface area contributed by atoms with Crippen LogP contribution in [-0.2, 0) is 4.84 Å². The van der Waals surface area contributed by atoms with E-state index in [9.17, 15) is 4.39 Å². The molecule has 1 aromatic carbocycles. The molecule has 0 bridgehead atoms. The van der Waals surface area contributed by atoms with Crippen molar-refractivity contribution in [1.29, 1.82) is 0 Å². The molecule has 0 atom stereocenters. The highest BCUT2D eigenvalue weighted by Crippen LogP contribution is 2.30. The summed E-state index contributed by atoms with van der Waals surface area (Å²) in [5.41, 5.74) is 0.539.